The molecule has 0 aliphatic rings. The Kier molecular flexibility index (Phi) is 14.6. The van der Waals surface area contributed by atoms with E-state index < -0.39 is 0 Å². The van der Waals surface area contributed by atoms with Gasteiger partial charge < -0.3 is 4.74 Å². The summed E-state index contributed by atoms with van der Waals surface area (Å²) >= 11 is 11.8. The minimum atomic E-state index is -0.353. The number of unbranched alkanes of at least 4 members (excludes halogenated alkanes) is 13. The lowest BCUT2D eigenvalue weighted by Gasteiger charge is -2.06. The topological polar surface area (TPSA) is 26.3 Å². The monoisotopic (exact) mass is 414 g/mol. The molecule has 2 nitrogen and oxygen atoms in total. The fourth-order valence-electron chi connectivity index (χ4n) is 3.22. The van der Waals surface area contributed by atoms with Gasteiger partial charge in [-0.3, -0.25) is 0 Å². The van der Waals surface area contributed by atoms with Gasteiger partial charge in [0.15, 0.2) is 0 Å². The molecule has 1 aromatic rings. The Bertz CT molecular complexity index is 497. The molecule has 27 heavy (non-hydrogen) atoms. The molecule has 0 aliphatic carbocycles. The highest BCUT2D eigenvalue weighted by Gasteiger charge is 2.09. The van der Waals surface area contributed by atoms with E-state index in [4.69, 9.17) is 27.9 Å². The van der Waals surface area contributed by atoms with Crippen molar-refractivity contribution in [3.63, 3.8) is 0 Å². The predicted molar refractivity (Wildman–Crippen MR) is 117 cm³/mol. The summed E-state index contributed by atoms with van der Waals surface area (Å²) in [4.78, 5) is 11.9. The van der Waals surface area contributed by atoms with Crippen LogP contribution in [0.3, 0.4) is 0 Å². The molecule has 154 valence electrons. The highest BCUT2D eigenvalue weighted by Crippen LogP contribution is 2.20. The van der Waals surface area contributed by atoms with Gasteiger partial charge in [0.05, 0.1) is 12.2 Å². The summed E-state index contributed by atoms with van der Waals surface area (Å²) in [6, 6.07) is 4.77. The first-order chi connectivity index (χ1) is 13.1. The lowest BCUT2D eigenvalue weighted by atomic mass is 10.0. The van der Waals surface area contributed by atoms with E-state index in [2.05, 4.69) is 6.92 Å². The van der Waals surface area contributed by atoms with Gasteiger partial charge in [-0.1, -0.05) is 114 Å². The van der Waals surface area contributed by atoms with Gasteiger partial charge in [0, 0.05) is 10.0 Å². The van der Waals surface area contributed by atoms with E-state index in [0.29, 0.717) is 22.2 Å². The molecule has 0 radical (unpaired) electrons. The molecule has 0 unspecified atom stereocenters. The van der Waals surface area contributed by atoms with E-state index in [-0.39, 0.29) is 5.97 Å². The molecule has 1 rings (SSSR count). The number of halogens is 2. The van der Waals surface area contributed by atoms with Gasteiger partial charge in [0.25, 0.3) is 0 Å². The fourth-order valence-corrected chi connectivity index (χ4v) is 3.74. The molecule has 4 heteroatoms. The van der Waals surface area contributed by atoms with Crippen LogP contribution in [0.2, 0.25) is 10.0 Å². The number of benzene rings is 1. The predicted octanol–water partition coefficient (Wildman–Crippen LogP) is 8.63. The standard InChI is InChI=1S/C23H36Cl2O2/c1-2-3-4-5-6-7-8-9-10-11-12-13-14-15-16-27-23(26)20-17-21(24)19-22(25)18-20/h17-19H,2-16H2,1H3. The summed E-state index contributed by atoms with van der Waals surface area (Å²) in [5.74, 6) is -0.353. The number of carbonyl (C=O) groups is 1. The summed E-state index contributed by atoms with van der Waals surface area (Å²) in [5.41, 5.74) is 0.415. The number of rotatable bonds is 16. The van der Waals surface area contributed by atoms with Crippen LogP contribution in [0.1, 0.15) is 107 Å². The van der Waals surface area contributed by atoms with Crippen molar-refractivity contribution in [3.8, 4) is 0 Å². The van der Waals surface area contributed by atoms with Gasteiger partial charge in [0.2, 0.25) is 0 Å². The van der Waals surface area contributed by atoms with Crippen LogP contribution in [0.25, 0.3) is 0 Å². The maximum atomic E-state index is 11.9. The van der Waals surface area contributed by atoms with Crippen LogP contribution in [0.15, 0.2) is 18.2 Å². The molecular weight excluding hydrogens is 379 g/mol. The van der Waals surface area contributed by atoms with E-state index in [0.717, 1.165) is 12.8 Å². The van der Waals surface area contributed by atoms with Crippen molar-refractivity contribution in [2.45, 2.75) is 96.8 Å². The van der Waals surface area contributed by atoms with Gasteiger partial charge in [-0.25, -0.2) is 4.79 Å². The molecule has 0 bridgehead atoms. The largest absolute Gasteiger partial charge is 0.462 e. The van der Waals surface area contributed by atoms with Crippen LogP contribution in [0, 0.1) is 0 Å². The Balaban J connectivity index is 1.88. The van der Waals surface area contributed by atoms with Crippen molar-refractivity contribution in [1.29, 1.82) is 0 Å². The Morgan fingerprint density at radius 1 is 0.704 bits per heavy atom. The van der Waals surface area contributed by atoms with E-state index >= 15 is 0 Å². The molecule has 0 fully saturated rings. The number of hydrogen-bond donors (Lipinski definition) is 0. The first-order valence-corrected chi connectivity index (χ1v) is 11.5. The van der Waals surface area contributed by atoms with Crippen molar-refractivity contribution in [2.24, 2.45) is 0 Å². The second-order valence-electron chi connectivity index (χ2n) is 7.39. The van der Waals surface area contributed by atoms with Gasteiger partial charge in [0.1, 0.15) is 0 Å². The summed E-state index contributed by atoms with van der Waals surface area (Å²) in [6.45, 7) is 2.73. The summed E-state index contributed by atoms with van der Waals surface area (Å²) in [5, 5.41) is 0.900. The summed E-state index contributed by atoms with van der Waals surface area (Å²) in [6.07, 6.45) is 18.4. The Morgan fingerprint density at radius 3 is 1.56 bits per heavy atom. The van der Waals surface area contributed by atoms with Crippen molar-refractivity contribution in [2.75, 3.05) is 6.61 Å². The lowest BCUT2D eigenvalue weighted by molar-refractivity contribution is 0.0497. The second kappa shape index (κ2) is 16.2. The van der Waals surface area contributed by atoms with Gasteiger partial charge in [-0.15, -0.1) is 0 Å². The van der Waals surface area contributed by atoms with E-state index in [1.807, 2.05) is 0 Å². The van der Waals surface area contributed by atoms with Gasteiger partial charge in [-0.2, -0.15) is 0 Å². The highest BCUT2D eigenvalue weighted by atomic mass is 35.5. The normalized spacial score (nSPS) is 10.9. The zero-order valence-electron chi connectivity index (χ0n) is 16.9. The van der Waals surface area contributed by atoms with Crippen molar-refractivity contribution in [1.82, 2.24) is 0 Å². The zero-order valence-corrected chi connectivity index (χ0v) is 18.4. The smallest absolute Gasteiger partial charge is 0.338 e. The number of esters is 1. The molecule has 0 N–H and O–H groups in total. The third-order valence-corrected chi connectivity index (χ3v) is 5.27. The maximum Gasteiger partial charge on any atom is 0.338 e. The highest BCUT2D eigenvalue weighted by molar-refractivity contribution is 6.35. The second-order valence-corrected chi connectivity index (χ2v) is 8.26. The lowest BCUT2D eigenvalue weighted by Crippen LogP contribution is -2.06. The Labute approximate surface area is 176 Å². The Hall–Kier alpha value is -0.730. The molecule has 0 saturated carbocycles. The molecular formula is C23H36Cl2O2. The van der Waals surface area contributed by atoms with Crippen LogP contribution in [0.4, 0.5) is 0 Å². The Morgan fingerprint density at radius 2 is 1.11 bits per heavy atom. The third kappa shape index (κ3) is 13.1. The van der Waals surface area contributed by atoms with Gasteiger partial charge in [-0.05, 0) is 24.6 Å². The first kappa shape index (κ1) is 24.3. The summed E-state index contributed by atoms with van der Waals surface area (Å²) < 4.78 is 5.29. The fraction of sp³-hybridized carbons (Fsp3) is 0.696. The number of ether oxygens (including phenoxy) is 1. The quantitative estimate of drug-likeness (QED) is 0.199. The minimum absolute atomic E-state index is 0.353. The average molecular weight is 415 g/mol. The van der Waals surface area contributed by atoms with Gasteiger partial charge >= 0.3 is 5.97 Å². The van der Waals surface area contributed by atoms with E-state index in [1.165, 1.54) is 77.0 Å². The molecule has 0 aromatic heterocycles. The molecule has 0 heterocycles. The van der Waals surface area contributed by atoms with Crippen LogP contribution in [0.5, 0.6) is 0 Å². The molecule has 0 aliphatic heterocycles. The van der Waals surface area contributed by atoms with Crippen LogP contribution in [-0.4, -0.2) is 12.6 Å². The maximum absolute atomic E-state index is 11.9. The number of hydrogen-bond acceptors (Lipinski definition) is 2. The molecule has 0 spiro atoms. The molecule has 0 atom stereocenters. The molecule has 0 saturated heterocycles. The van der Waals surface area contributed by atoms with Crippen LogP contribution in [-0.2, 0) is 4.74 Å². The SMILES string of the molecule is CCCCCCCCCCCCCCCCOC(=O)c1cc(Cl)cc(Cl)c1. The van der Waals surface area contributed by atoms with Crippen molar-refractivity contribution < 1.29 is 9.53 Å². The van der Waals surface area contributed by atoms with Crippen molar-refractivity contribution >= 4 is 29.2 Å². The average Bonchev–Trinajstić information content (AvgIpc) is 2.64. The summed E-state index contributed by atoms with van der Waals surface area (Å²) in [7, 11) is 0. The minimum Gasteiger partial charge on any atom is -0.462 e. The van der Waals surface area contributed by atoms with E-state index in [1.54, 1.807) is 18.2 Å². The molecule has 0 amide bonds. The van der Waals surface area contributed by atoms with Crippen LogP contribution < -0.4 is 0 Å². The van der Waals surface area contributed by atoms with Crippen molar-refractivity contribution in [3.05, 3.63) is 33.8 Å². The third-order valence-electron chi connectivity index (χ3n) is 4.83. The molecule has 1 aromatic carbocycles. The number of carbonyl (C=O) groups excluding carboxylic acids is 1. The van der Waals surface area contributed by atoms with Crippen LogP contribution >= 0.6 is 23.2 Å². The van der Waals surface area contributed by atoms with E-state index in [9.17, 15) is 4.79 Å². The zero-order chi connectivity index (χ0) is 19.7. The first-order valence-electron chi connectivity index (χ1n) is 10.8.